The van der Waals surface area contributed by atoms with Crippen LogP contribution in [0, 0.1) is 13.8 Å². The predicted octanol–water partition coefficient (Wildman–Crippen LogP) is 0.967. The van der Waals surface area contributed by atoms with Gasteiger partial charge in [-0.3, -0.25) is 14.7 Å². The van der Waals surface area contributed by atoms with Crippen LogP contribution in [0.15, 0.2) is 23.1 Å². The summed E-state index contributed by atoms with van der Waals surface area (Å²) in [5, 5.41) is 9.37. The van der Waals surface area contributed by atoms with Crippen molar-refractivity contribution < 1.29 is 4.79 Å². The van der Waals surface area contributed by atoms with Crippen LogP contribution in [0.25, 0.3) is 0 Å². The second-order valence-corrected chi connectivity index (χ2v) is 3.72. The van der Waals surface area contributed by atoms with Crippen LogP contribution >= 0.6 is 0 Å². The minimum absolute atomic E-state index is 0.300. The molecule has 6 heteroatoms. The van der Waals surface area contributed by atoms with Crippen molar-refractivity contribution in [3.05, 3.63) is 45.5 Å². The molecule has 0 aliphatic heterocycles. The summed E-state index contributed by atoms with van der Waals surface area (Å²) in [5.74, 6) is 0.124. The third-order valence-electron chi connectivity index (χ3n) is 2.52. The fourth-order valence-electron chi connectivity index (χ4n) is 1.37. The molecule has 0 saturated heterocycles. The smallest absolute Gasteiger partial charge is 0.257 e. The molecule has 17 heavy (non-hydrogen) atoms. The molecule has 3 N–H and O–H groups in total. The first-order valence-corrected chi connectivity index (χ1v) is 5.09. The van der Waals surface area contributed by atoms with Crippen molar-refractivity contribution in [2.75, 3.05) is 5.32 Å². The molecule has 2 rings (SSSR count). The number of hydrogen-bond donors (Lipinski definition) is 3. The number of hydrogen-bond acceptors (Lipinski definition) is 3. The number of aryl methyl sites for hydroxylation is 1. The van der Waals surface area contributed by atoms with Crippen LogP contribution in [-0.4, -0.2) is 21.1 Å². The second-order valence-electron chi connectivity index (χ2n) is 3.72. The Morgan fingerprint density at radius 2 is 2.18 bits per heavy atom. The minimum atomic E-state index is -0.356. The highest BCUT2D eigenvalue weighted by Gasteiger charge is 2.11. The quantitative estimate of drug-likeness (QED) is 0.720. The van der Waals surface area contributed by atoms with Gasteiger partial charge in [0.25, 0.3) is 5.91 Å². The van der Waals surface area contributed by atoms with E-state index in [-0.39, 0.29) is 11.5 Å². The van der Waals surface area contributed by atoms with Crippen molar-refractivity contribution in [3.63, 3.8) is 0 Å². The molecule has 1 amide bonds. The average molecular weight is 232 g/mol. The standard InChI is InChI=1S/C11H12N4O2/c1-6-7(2)14-15-10(6)13-11(17)8-3-4-12-9(16)5-8/h3-5H,1-2H3,(H,12,16)(H2,13,14,15,17). The molecule has 0 radical (unpaired) electrons. The summed E-state index contributed by atoms with van der Waals surface area (Å²) in [4.78, 5) is 25.3. The van der Waals surface area contributed by atoms with E-state index in [4.69, 9.17) is 0 Å². The Bertz CT molecular complexity index is 612. The van der Waals surface area contributed by atoms with E-state index >= 15 is 0 Å². The Labute approximate surface area is 97.1 Å². The second kappa shape index (κ2) is 4.25. The van der Waals surface area contributed by atoms with E-state index in [0.29, 0.717) is 11.4 Å². The highest BCUT2D eigenvalue weighted by atomic mass is 16.2. The number of amides is 1. The molecule has 0 saturated carbocycles. The largest absolute Gasteiger partial charge is 0.329 e. The van der Waals surface area contributed by atoms with Crippen LogP contribution < -0.4 is 10.9 Å². The molecule has 0 bridgehead atoms. The highest BCUT2D eigenvalue weighted by molar-refractivity contribution is 6.03. The maximum absolute atomic E-state index is 11.8. The van der Waals surface area contributed by atoms with E-state index < -0.39 is 0 Å². The number of H-pyrrole nitrogens is 2. The molecule has 0 unspecified atom stereocenters. The van der Waals surface area contributed by atoms with E-state index in [0.717, 1.165) is 11.3 Å². The van der Waals surface area contributed by atoms with Crippen LogP contribution in [0.1, 0.15) is 21.6 Å². The minimum Gasteiger partial charge on any atom is -0.329 e. The lowest BCUT2D eigenvalue weighted by atomic mass is 10.2. The van der Waals surface area contributed by atoms with Crippen molar-refractivity contribution in [2.45, 2.75) is 13.8 Å². The number of nitrogens with zero attached hydrogens (tertiary/aromatic N) is 1. The zero-order valence-electron chi connectivity index (χ0n) is 9.50. The molecule has 2 heterocycles. The number of carbonyl (C=O) groups excluding carboxylic acids is 1. The Kier molecular flexibility index (Phi) is 2.78. The molecule has 0 spiro atoms. The number of carbonyl (C=O) groups is 1. The van der Waals surface area contributed by atoms with Crippen molar-refractivity contribution in [2.24, 2.45) is 0 Å². The van der Waals surface area contributed by atoms with Crippen LogP contribution in [0.2, 0.25) is 0 Å². The Hall–Kier alpha value is -2.37. The van der Waals surface area contributed by atoms with Gasteiger partial charge in [0.1, 0.15) is 0 Å². The maximum Gasteiger partial charge on any atom is 0.257 e. The fraction of sp³-hybridized carbons (Fsp3) is 0.182. The van der Waals surface area contributed by atoms with Gasteiger partial charge in [0.05, 0.1) is 0 Å². The molecule has 2 aromatic rings. The number of anilines is 1. The fourth-order valence-corrected chi connectivity index (χ4v) is 1.37. The van der Waals surface area contributed by atoms with Gasteiger partial charge in [-0.2, -0.15) is 5.10 Å². The first-order valence-electron chi connectivity index (χ1n) is 5.09. The van der Waals surface area contributed by atoms with Crippen LogP contribution in [0.3, 0.4) is 0 Å². The topological polar surface area (TPSA) is 90.6 Å². The van der Waals surface area contributed by atoms with Crippen molar-refractivity contribution in [1.29, 1.82) is 0 Å². The van der Waals surface area contributed by atoms with Gasteiger partial charge in [-0.05, 0) is 19.9 Å². The van der Waals surface area contributed by atoms with Crippen LogP contribution in [-0.2, 0) is 0 Å². The molecule has 0 aliphatic carbocycles. The SMILES string of the molecule is Cc1[nH]nc(NC(=O)c2cc[nH]c(=O)c2)c1C. The molecule has 0 aliphatic rings. The number of aromatic nitrogens is 3. The number of nitrogens with one attached hydrogen (secondary N) is 3. The van der Waals surface area contributed by atoms with Crippen molar-refractivity contribution in [1.82, 2.24) is 15.2 Å². The lowest BCUT2D eigenvalue weighted by Crippen LogP contribution is -2.16. The van der Waals surface area contributed by atoms with E-state index in [1.807, 2.05) is 13.8 Å². The average Bonchev–Trinajstić information content (AvgIpc) is 2.61. The van der Waals surface area contributed by atoms with Gasteiger partial charge in [0, 0.05) is 29.1 Å². The molecule has 2 aromatic heterocycles. The first kappa shape index (κ1) is 11.1. The predicted molar refractivity (Wildman–Crippen MR) is 63.1 cm³/mol. The van der Waals surface area contributed by atoms with E-state index in [1.54, 1.807) is 0 Å². The number of pyridine rings is 1. The number of rotatable bonds is 2. The summed E-state index contributed by atoms with van der Waals surface area (Å²) in [6.07, 6.45) is 1.43. The molecule has 0 atom stereocenters. The van der Waals surface area contributed by atoms with Gasteiger partial charge >= 0.3 is 0 Å². The third kappa shape index (κ3) is 2.25. The van der Waals surface area contributed by atoms with Crippen molar-refractivity contribution in [3.8, 4) is 0 Å². The monoisotopic (exact) mass is 232 g/mol. The summed E-state index contributed by atoms with van der Waals surface area (Å²) in [5.41, 5.74) is 1.76. The molecule has 88 valence electrons. The van der Waals surface area contributed by atoms with Gasteiger partial charge in [0.15, 0.2) is 5.82 Å². The zero-order chi connectivity index (χ0) is 12.4. The van der Waals surface area contributed by atoms with E-state index in [1.165, 1.54) is 18.3 Å². The Balaban J connectivity index is 2.23. The number of aromatic amines is 2. The van der Waals surface area contributed by atoms with E-state index in [2.05, 4.69) is 20.5 Å². The van der Waals surface area contributed by atoms with Crippen molar-refractivity contribution >= 4 is 11.7 Å². The van der Waals surface area contributed by atoms with Gasteiger partial charge in [0.2, 0.25) is 5.56 Å². The summed E-state index contributed by atoms with van der Waals surface area (Å²) in [6, 6.07) is 2.77. The normalized spacial score (nSPS) is 10.2. The Morgan fingerprint density at radius 3 is 2.76 bits per heavy atom. The third-order valence-corrected chi connectivity index (χ3v) is 2.52. The highest BCUT2D eigenvalue weighted by Crippen LogP contribution is 2.14. The lowest BCUT2D eigenvalue weighted by Gasteiger charge is -2.02. The molecule has 6 nitrogen and oxygen atoms in total. The summed E-state index contributed by atoms with van der Waals surface area (Å²) in [6.45, 7) is 3.72. The van der Waals surface area contributed by atoms with E-state index in [9.17, 15) is 9.59 Å². The molecule has 0 aromatic carbocycles. The van der Waals surface area contributed by atoms with Gasteiger partial charge in [-0.25, -0.2) is 0 Å². The van der Waals surface area contributed by atoms with Gasteiger partial charge in [-0.15, -0.1) is 0 Å². The zero-order valence-corrected chi connectivity index (χ0v) is 9.50. The summed E-state index contributed by atoms with van der Waals surface area (Å²) < 4.78 is 0. The molecule has 0 fully saturated rings. The van der Waals surface area contributed by atoms with Crippen LogP contribution in [0.5, 0.6) is 0 Å². The summed E-state index contributed by atoms with van der Waals surface area (Å²) in [7, 11) is 0. The van der Waals surface area contributed by atoms with Crippen LogP contribution in [0.4, 0.5) is 5.82 Å². The molecular weight excluding hydrogens is 220 g/mol. The maximum atomic E-state index is 11.8. The lowest BCUT2D eigenvalue weighted by molar-refractivity contribution is 0.102. The Morgan fingerprint density at radius 1 is 1.41 bits per heavy atom. The molecular formula is C11H12N4O2. The first-order chi connectivity index (χ1) is 8.08. The van der Waals surface area contributed by atoms with Gasteiger partial charge < -0.3 is 10.3 Å². The summed E-state index contributed by atoms with van der Waals surface area (Å²) >= 11 is 0. The van der Waals surface area contributed by atoms with Gasteiger partial charge in [-0.1, -0.05) is 0 Å².